The molecule has 0 aliphatic carbocycles. The Morgan fingerprint density at radius 3 is 2.11 bits per heavy atom. The van der Waals surface area contributed by atoms with E-state index in [4.69, 9.17) is 0 Å². The fraction of sp³-hybridized carbons (Fsp3) is 0.444. The number of rotatable bonds is 4. The molecule has 2 aromatic heterocycles. The van der Waals surface area contributed by atoms with E-state index in [0.717, 1.165) is 44.4 Å². The second-order valence-electron chi connectivity index (χ2n) is 6.72. The van der Waals surface area contributed by atoms with Crippen LogP contribution < -0.4 is 9.80 Å². The second kappa shape index (κ2) is 8.15. The van der Waals surface area contributed by atoms with Gasteiger partial charge in [-0.2, -0.15) is 0 Å². The van der Waals surface area contributed by atoms with Gasteiger partial charge in [-0.1, -0.05) is 0 Å². The minimum atomic E-state index is -0.143. The van der Waals surface area contributed by atoms with Crippen LogP contribution in [0.25, 0.3) is 0 Å². The lowest BCUT2D eigenvalue weighted by Crippen LogP contribution is -2.48. The van der Waals surface area contributed by atoms with E-state index in [1.807, 2.05) is 0 Å². The van der Waals surface area contributed by atoms with Crippen molar-refractivity contribution in [1.29, 1.82) is 0 Å². The second-order valence-corrected chi connectivity index (χ2v) is 6.72. The van der Waals surface area contributed by atoms with Gasteiger partial charge >= 0.3 is 0 Å². The van der Waals surface area contributed by atoms with E-state index in [-0.39, 0.29) is 5.91 Å². The highest BCUT2D eigenvalue weighted by Gasteiger charge is 2.24. The van der Waals surface area contributed by atoms with E-state index in [9.17, 15) is 9.59 Å². The van der Waals surface area contributed by atoms with Gasteiger partial charge in [0.1, 0.15) is 11.5 Å². The molecule has 10 nitrogen and oxygen atoms in total. The fourth-order valence-electron chi connectivity index (χ4n) is 3.38. The van der Waals surface area contributed by atoms with E-state index >= 15 is 0 Å². The summed E-state index contributed by atoms with van der Waals surface area (Å²) in [7, 11) is 0. The quantitative estimate of drug-likeness (QED) is 0.653. The zero-order chi connectivity index (χ0) is 19.3. The van der Waals surface area contributed by atoms with Gasteiger partial charge in [0.2, 0.25) is 12.4 Å². The molecule has 0 spiro atoms. The summed E-state index contributed by atoms with van der Waals surface area (Å²) < 4.78 is 0. The number of piperazine rings is 2. The summed E-state index contributed by atoms with van der Waals surface area (Å²) in [4.78, 5) is 48.4. The molecule has 0 atom stereocenters. The van der Waals surface area contributed by atoms with Gasteiger partial charge in [0.25, 0.3) is 5.91 Å². The van der Waals surface area contributed by atoms with Crippen LogP contribution in [0.1, 0.15) is 10.5 Å². The van der Waals surface area contributed by atoms with E-state index in [0.29, 0.717) is 31.9 Å². The van der Waals surface area contributed by atoms with Crippen LogP contribution in [0.2, 0.25) is 0 Å². The molecule has 2 fully saturated rings. The highest BCUT2D eigenvalue weighted by Crippen LogP contribution is 2.16. The number of nitrogens with zero attached hydrogens (tertiary/aromatic N) is 8. The third kappa shape index (κ3) is 3.85. The van der Waals surface area contributed by atoms with Crippen LogP contribution in [0, 0.1) is 0 Å². The van der Waals surface area contributed by atoms with E-state index < -0.39 is 0 Å². The maximum Gasteiger partial charge on any atom is 0.274 e. The Kier molecular flexibility index (Phi) is 5.27. The Bertz CT molecular complexity index is 800. The Hall–Kier alpha value is -3.30. The molecule has 28 heavy (non-hydrogen) atoms. The molecule has 0 radical (unpaired) electrons. The van der Waals surface area contributed by atoms with Gasteiger partial charge in [-0.25, -0.2) is 19.9 Å². The Balaban J connectivity index is 1.34. The lowest BCUT2D eigenvalue weighted by molar-refractivity contribution is -0.119. The molecule has 2 saturated heterocycles. The molecule has 0 bridgehead atoms. The van der Waals surface area contributed by atoms with Crippen LogP contribution in [-0.2, 0) is 4.79 Å². The molecule has 2 amide bonds. The third-order valence-electron chi connectivity index (χ3n) is 5.05. The zero-order valence-electron chi connectivity index (χ0n) is 15.5. The SMILES string of the molecule is O=CN1CCN(C(=O)c2cnc(N3CCN(c4ncccn4)CC3)cn2)CC1. The van der Waals surface area contributed by atoms with Crippen LogP contribution >= 0.6 is 0 Å². The van der Waals surface area contributed by atoms with Crippen LogP contribution in [-0.4, -0.2) is 94.4 Å². The Morgan fingerprint density at radius 1 is 0.821 bits per heavy atom. The maximum atomic E-state index is 12.6. The van der Waals surface area contributed by atoms with Crippen molar-refractivity contribution in [1.82, 2.24) is 29.7 Å². The van der Waals surface area contributed by atoms with Crippen LogP contribution in [0.15, 0.2) is 30.9 Å². The fourth-order valence-corrected chi connectivity index (χ4v) is 3.38. The normalized spacial score (nSPS) is 17.6. The van der Waals surface area contributed by atoms with Gasteiger partial charge in [0.15, 0.2) is 0 Å². The van der Waals surface area contributed by atoms with Crippen molar-refractivity contribution < 1.29 is 9.59 Å². The highest BCUT2D eigenvalue weighted by molar-refractivity contribution is 5.92. The van der Waals surface area contributed by atoms with Crippen molar-refractivity contribution in [3.63, 3.8) is 0 Å². The molecule has 2 aliphatic heterocycles. The number of aromatic nitrogens is 4. The number of amides is 2. The molecule has 146 valence electrons. The minimum Gasteiger partial charge on any atom is -0.352 e. The highest BCUT2D eigenvalue weighted by atomic mass is 16.2. The van der Waals surface area contributed by atoms with Crippen LogP contribution in [0.4, 0.5) is 11.8 Å². The van der Waals surface area contributed by atoms with Gasteiger partial charge in [-0.05, 0) is 6.07 Å². The molecule has 0 unspecified atom stereocenters. The van der Waals surface area contributed by atoms with Gasteiger partial charge in [0, 0.05) is 64.8 Å². The molecule has 0 N–H and O–H groups in total. The van der Waals surface area contributed by atoms with Crippen molar-refractivity contribution in [3.05, 3.63) is 36.5 Å². The van der Waals surface area contributed by atoms with E-state index in [1.165, 1.54) is 6.20 Å². The predicted molar refractivity (Wildman–Crippen MR) is 102 cm³/mol. The number of carbonyl (C=O) groups excluding carboxylic acids is 2. The summed E-state index contributed by atoms with van der Waals surface area (Å²) in [5.74, 6) is 1.36. The first-order chi connectivity index (χ1) is 13.7. The van der Waals surface area contributed by atoms with Crippen molar-refractivity contribution >= 4 is 24.1 Å². The molecule has 10 heteroatoms. The first kappa shape index (κ1) is 18.1. The topological polar surface area (TPSA) is 98.7 Å². The number of hydrogen-bond donors (Lipinski definition) is 0. The molecule has 2 aliphatic rings. The first-order valence-corrected chi connectivity index (χ1v) is 9.32. The summed E-state index contributed by atoms with van der Waals surface area (Å²) in [5.41, 5.74) is 0.333. The average molecular weight is 382 g/mol. The number of anilines is 2. The Morgan fingerprint density at radius 2 is 1.50 bits per heavy atom. The maximum absolute atomic E-state index is 12.6. The zero-order valence-corrected chi connectivity index (χ0v) is 15.5. The standard InChI is InChI=1S/C18H22N8O2/c27-14-23-4-6-25(7-5-23)17(28)15-12-22-16(13-21-15)24-8-10-26(11-9-24)18-19-2-1-3-20-18/h1-3,12-14H,4-11H2. The Labute approximate surface area is 162 Å². The van der Waals surface area contributed by atoms with E-state index in [2.05, 4.69) is 29.7 Å². The molecule has 0 aromatic carbocycles. The van der Waals surface area contributed by atoms with Gasteiger partial charge in [-0.15, -0.1) is 0 Å². The van der Waals surface area contributed by atoms with E-state index in [1.54, 1.807) is 34.5 Å². The molecule has 4 rings (SSSR count). The summed E-state index contributed by atoms with van der Waals surface area (Å²) >= 11 is 0. The predicted octanol–water partition coefficient (Wildman–Crippen LogP) is -0.493. The van der Waals surface area contributed by atoms with Gasteiger partial charge < -0.3 is 19.6 Å². The lowest BCUT2D eigenvalue weighted by atomic mass is 10.3. The summed E-state index contributed by atoms with van der Waals surface area (Å²) in [6.07, 6.45) is 7.50. The monoisotopic (exact) mass is 382 g/mol. The summed E-state index contributed by atoms with van der Waals surface area (Å²) in [6.45, 7) is 5.31. The third-order valence-corrected chi connectivity index (χ3v) is 5.05. The summed E-state index contributed by atoms with van der Waals surface area (Å²) in [6, 6.07) is 1.81. The lowest BCUT2D eigenvalue weighted by Gasteiger charge is -2.35. The largest absolute Gasteiger partial charge is 0.352 e. The minimum absolute atomic E-state index is 0.143. The number of hydrogen-bond acceptors (Lipinski definition) is 8. The smallest absolute Gasteiger partial charge is 0.274 e. The average Bonchev–Trinajstić information content (AvgIpc) is 2.79. The molecule has 2 aromatic rings. The van der Waals surface area contributed by atoms with Gasteiger partial charge in [-0.3, -0.25) is 9.59 Å². The molecule has 0 saturated carbocycles. The molecule has 4 heterocycles. The van der Waals surface area contributed by atoms with Crippen molar-refractivity contribution in [2.75, 3.05) is 62.2 Å². The van der Waals surface area contributed by atoms with Crippen molar-refractivity contribution in [2.45, 2.75) is 0 Å². The molecular weight excluding hydrogens is 360 g/mol. The summed E-state index contributed by atoms with van der Waals surface area (Å²) in [5, 5.41) is 0. The van der Waals surface area contributed by atoms with Gasteiger partial charge in [0.05, 0.1) is 12.4 Å². The van der Waals surface area contributed by atoms with Crippen molar-refractivity contribution in [3.8, 4) is 0 Å². The first-order valence-electron chi connectivity index (χ1n) is 9.32. The van der Waals surface area contributed by atoms with Crippen molar-refractivity contribution in [2.24, 2.45) is 0 Å². The number of carbonyl (C=O) groups is 2. The van der Waals surface area contributed by atoms with Crippen LogP contribution in [0.5, 0.6) is 0 Å². The molecular formula is C18H22N8O2. The van der Waals surface area contributed by atoms with Crippen LogP contribution in [0.3, 0.4) is 0 Å².